The van der Waals surface area contributed by atoms with Crippen LogP contribution in [-0.4, -0.2) is 47.7 Å². The number of nitrogens with zero attached hydrogens (tertiary/aromatic N) is 3. The monoisotopic (exact) mass is 359 g/mol. The molecule has 4 nitrogen and oxygen atoms in total. The second-order valence-corrected chi connectivity index (χ2v) is 6.98. The quantitative estimate of drug-likeness (QED) is 0.755. The van der Waals surface area contributed by atoms with E-state index >= 15 is 0 Å². The van der Waals surface area contributed by atoms with Gasteiger partial charge in [-0.3, -0.25) is 4.90 Å². The second-order valence-electron chi connectivity index (χ2n) is 6.98. The highest BCUT2D eigenvalue weighted by atomic mass is 16.3. The number of β-amino-alcohol motifs (C(OH)–C–C–N with tert-alkyl or cyclic N) is 1. The molecule has 0 bridgehead atoms. The molecule has 1 aliphatic rings. The molecule has 2 heterocycles. The van der Waals surface area contributed by atoms with E-state index in [2.05, 4.69) is 45.1 Å². The van der Waals surface area contributed by atoms with Crippen LogP contribution in [-0.2, 0) is 0 Å². The summed E-state index contributed by atoms with van der Waals surface area (Å²) in [6, 6.07) is 24.6. The Morgan fingerprint density at radius 1 is 0.778 bits per heavy atom. The maximum Gasteiger partial charge on any atom is 0.128 e. The summed E-state index contributed by atoms with van der Waals surface area (Å²) in [4.78, 5) is 9.06. The van der Waals surface area contributed by atoms with Crippen LogP contribution in [0.15, 0.2) is 79.0 Å². The largest absolute Gasteiger partial charge is 0.387 e. The summed E-state index contributed by atoms with van der Waals surface area (Å²) in [5.74, 6) is 1.04. The molecule has 1 N–H and O–H groups in total. The molecule has 4 rings (SSSR count). The second kappa shape index (κ2) is 8.33. The Balaban J connectivity index is 1.32. The lowest BCUT2D eigenvalue weighted by Gasteiger charge is -2.36. The third-order valence-corrected chi connectivity index (χ3v) is 5.18. The molecule has 1 aliphatic heterocycles. The van der Waals surface area contributed by atoms with Crippen molar-refractivity contribution in [3.05, 3.63) is 84.6 Å². The van der Waals surface area contributed by atoms with Gasteiger partial charge in [-0.2, -0.15) is 0 Å². The van der Waals surface area contributed by atoms with Crippen LogP contribution in [0.3, 0.4) is 0 Å². The predicted molar refractivity (Wildman–Crippen MR) is 110 cm³/mol. The normalized spacial score (nSPS) is 16.3. The van der Waals surface area contributed by atoms with Crippen molar-refractivity contribution in [2.75, 3.05) is 37.6 Å². The fraction of sp³-hybridized carbons (Fsp3) is 0.261. The summed E-state index contributed by atoms with van der Waals surface area (Å²) in [6.45, 7) is 4.43. The molecule has 0 saturated carbocycles. The Bertz CT molecular complexity index is 829. The molecule has 1 fully saturated rings. The lowest BCUT2D eigenvalue weighted by atomic mass is 10.0. The van der Waals surface area contributed by atoms with E-state index in [1.165, 1.54) is 11.1 Å². The Morgan fingerprint density at radius 3 is 2.11 bits per heavy atom. The van der Waals surface area contributed by atoms with E-state index < -0.39 is 6.10 Å². The molecule has 1 atom stereocenters. The van der Waals surface area contributed by atoms with Crippen molar-refractivity contribution < 1.29 is 5.11 Å². The molecular formula is C23H25N3O. The maximum absolute atomic E-state index is 10.6. The zero-order valence-electron chi connectivity index (χ0n) is 15.4. The molecule has 2 aromatic carbocycles. The molecular weight excluding hydrogens is 334 g/mol. The maximum atomic E-state index is 10.6. The van der Waals surface area contributed by atoms with Crippen LogP contribution in [0.5, 0.6) is 0 Å². The van der Waals surface area contributed by atoms with Crippen LogP contribution in [0.25, 0.3) is 11.1 Å². The number of anilines is 1. The molecule has 0 aliphatic carbocycles. The van der Waals surface area contributed by atoms with Crippen molar-refractivity contribution in [2.24, 2.45) is 0 Å². The lowest BCUT2D eigenvalue weighted by Crippen LogP contribution is -2.47. The van der Waals surface area contributed by atoms with Crippen molar-refractivity contribution in [3.8, 4) is 11.1 Å². The molecule has 0 spiro atoms. The van der Waals surface area contributed by atoms with Crippen LogP contribution in [0.2, 0.25) is 0 Å². The highest BCUT2D eigenvalue weighted by Crippen LogP contribution is 2.23. The molecule has 27 heavy (non-hydrogen) atoms. The van der Waals surface area contributed by atoms with Crippen molar-refractivity contribution >= 4 is 5.82 Å². The minimum absolute atomic E-state index is 0.462. The van der Waals surface area contributed by atoms with Gasteiger partial charge in [0.15, 0.2) is 0 Å². The number of benzene rings is 2. The van der Waals surface area contributed by atoms with Crippen LogP contribution < -0.4 is 4.90 Å². The first-order valence-electron chi connectivity index (χ1n) is 9.51. The number of aromatic nitrogens is 1. The molecule has 0 amide bonds. The Kier molecular flexibility index (Phi) is 5.47. The van der Waals surface area contributed by atoms with E-state index in [1.54, 1.807) is 0 Å². The highest BCUT2D eigenvalue weighted by molar-refractivity contribution is 5.63. The first kappa shape index (κ1) is 17.7. The van der Waals surface area contributed by atoms with Gasteiger partial charge in [0.1, 0.15) is 5.82 Å². The van der Waals surface area contributed by atoms with E-state index in [-0.39, 0.29) is 0 Å². The zero-order valence-corrected chi connectivity index (χ0v) is 15.4. The van der Waals surface area contributed by atoms with Gasteiger partial charge in [-0.05, 0) is 28.8 Å². The van der Waals surface area contributed by atoms with Crippen molar-refractivity contribution in [1.29, 1.82) is 0 Å². The third kappa shape index (κ3) is 4.35. The number of pyridine rings is 1. The van der Waals surface area contributed by atoms with Gasteiger partial charge < -0.3 is 10.0 Å². The smallest absolute Gasteiger partial charge is 0.128 e. The molecule has 4 heteroatoms. The van der Waals surface area contributed by atoms with Gasteiger partial charge in [0, 0.05) is 38.9 Å². The minimum Gasteiger partial charge on any atom is -0.387 e. The standard InChI is InChI=1S/C23H25N3O/c27-22(21-11-9-20(10-12-21)19-6-2-1-3-7-19)18-25-14-16-26(17-15-25)23-8-4-5-13-24-23/h1-13,22,27H,14-18H2. The zero-order chi connectivity index (χ0) is 18.5. The summed E-state index contributed by atoms with van der Waals surface area (Å²) < 4.78 is 0. The van der Waals surface area contributed by atoms with Gasteiger partial charge in [-0.1, -0.05) is 60.7 Å². The topological polar surface area (TPSA) is 39.6 Å². The number of piperazine rings is 1. The summed E-state index contributed by atoms with van der Waals surface area (Å²) in [5, 5.41) is 10.6. The Labute approximate surface area is 160 Å². The van der Waals surface area contributed by atoms with Crippen LogP contribution >= 0.6 is 0 Å². The highest BCUT2D eigenvalue weighted by Gasteiger charge is 2.20. The average molecular weight is 359 g/mol. The minimum atomic E-state index is -0.462. The number of hydrogen-bond acceptors (Lipinski definition) is 4. The Morgan fingerprint density at radius 2 is 1.44 bits per heavy atom. The lowest BCUT2D eigenvalue weighted by molar-refractivity contribution is 0.109. The fourth-order valence-corrected chi connectivity index (χ4v) is 3.58. The fourth-order valence-electron chi connectivity index (χ4n) is 3.58. The van der Waals surface area contributed by atoms with Crippen molar-refractivity contribution in [3.63, 3.8) is 0 Å². The van der Waals surface area contributed by atoms with E-state index in [4.69, 9.17) is 0 Å². The van der Waals surface area contributed by atoms with Gasteiger partial charge in [-0.15, -0.1) is 0 Å². The van der Waals surface area contributed by atoms with Crippen molar-refractivity contribution in [1.82, 2.24) is 9.88 Å². The van der Waals surface area contributed by atoms with Gasteiger partial charge in [0.2, 0.25) is 0 Å². The van der Waals surface area contributed by atoms with E-state index in [9.17, 15) is 5.11 Å². The predicted octanol–water partition coefficient (Wildman–Crippen LogP) is 3.60. The average Bonchev–Trinajstić information content (AvgIpc) is 2.76. The first-order valence-corrected chi connectivity index (χ1v) is 9.51. The van der Waals surface area contributed by atoms with Gasteiger partial charge in [-0.25, -0.2) is 4.98 Å². The van der Waals surface area contributed by atoms with Gasteiger partial charge in [0.25, 0.3) is 0 Å². The number of hydrogen-bond donors (Lipinski definition) is 1. The van der Waals surface area contributed by atoms with Gasteiger partial charge >= 0.3 is 0 Å². The van der Waals surface area contributed by atoms with E-state index in [0.717, 1.165) is 37.6 Å². The number of aliphatic hydroxyl groups excluding tert-OH is 1. The van der Waals surface area contributed by atoms with Crippen LogP contribution in [0.1, 0.15) is 11.7 Å². The molecule has 1 aromatic heterocycles. The molecule has 0 radical (unpaired) electrons. The summed E-state index contributed by atoms with van der Waals surface area (Å²) >= 11 is 0. The third-order valence-electron chi connectivity index (χ3n) is 5.18. The Hall–Kier alpha value is -2.69. The van der Waals surface area contributed by atoms with E-state index in [1.807, 2.05) is 48.7 Å². The molecule has 1 saturated heterocycles. The number of aliphatic hydroxyl groups is 1. The summed E-state index contributed by atoms with van der Waals surface area (Å²) in [6.07, 6.45) is 1.38. The van der Waals surface area contributed by atoms with Gasteiger partial charge in [0.05, 0.1) is 6.10 Å². The summed E-state index contributed by atoms with van der Waals surface area (Å²) in [5.41, 5.74) is 3.35. The molecule has 138 valence electrons. The number of rotatable bonds is 5. The SMILES string of the molecule is OC(CN1CCN(c2ccccn2)CC1)c1ccc(-c2ccccc2)cc1. The van der Waals surface area contributed by atoms with E-state index in [0.29, 0.717) is 6.54 Å². The molecule has 3 aromatic rings. The van der Waals surface area contributed by atoms with Crippen molar-refractivity contribution in [2.45, 2.75) is 6.10 Å². The first-order chi connectivity index (χ1) is 13.3. The van der Waals surface area contributed by atoms with Crippen LogP contribution in [0.4, 0.5) is 5.82 Å². The molecule has 1 unspecified atom stereocenters. The van der Waals surface area contributed by atoms with Crippen LogP contribution in [0, 0.1) is 0 Å². The summed E-state index contributed by atoms with van der Waals surface area (Å²) in [7, 11) is 0.